The molecular formula is C28H30F3N5O2. The maximum atomic E-state index is 14.1. The Morgan fingerprint density at radius 2 is 1.71 bits per heavy atom. The Morgan fingerprint density at radius 3 is 2.42 bits per heavy atom. The normalized spacial score (nSPS) is 20.1. The number of carbonyl (C=O) groups is 1. The van der Waals surface area contributed by atoms with Crippen LogP contribution < -0.4 is 10.2 Å². The second-order valence-electron chi connectivity index (χ2n) is 9.88. The molecule has 5 rings (SSSR count). The third-order valence-corrected chi connectivity index (χ3v) is 7.68. The lowest BCUT2D eigenvalue weighted by Crippen LogP contribution is -2.53. The van der Waals surface area contributed by atoms with Crippen molar-refractivity contribution in [3.8, 4) is 17.0 Å². The Labute approximate surface area is 219 Å². The van der Waals surface area contributed by atoms with Crippen molar-refractivity contribution >= 4 is 11.6 Å². The molecule has 0 radical (unpaired) electrons. The van der Waals surface area contributed by atoms with Gasteiger partial charge in [0.15, 0.2) is 0 Å². The van der Waals surface area contributed by atoms with Crippen LogP contribution in [-0.4, -0.2) is 71.1 Å². The number of phenols is 1. The number of alkyl halides is 3. The number of benzene rings is 2. The molecule has 0 saturated carbocycles. The Hall–Kier alpha value is -3.66. The van der Waals surface area contributed by atoms with Gasteiger partial charge in [-0.15, -0.1) is 0 Å². The number of halogens is 3. The quantitative estimate of drug-likeness (QED) is 0.533. The molecule has 38 heavy (non-hydrogen) atoms. The van der Waals surface area contributed by atoms with Gasteiger partial charge >= 0.3 is 6.18 Å². The van der Waals surface area contributed by atoms with Crippen LogP contribution in [0, 0.1) is 0 Å². The van der Waals surface area contributed by atoms with E-state index >= 15 is 0 Å². The number of anilines is 1. The van der Waals surface area contributed by atoms with E-state index in [4.69, 9.17) is 0 Å². The number of rotatable bonds is 4. The first-order valence-electron chi connectivity index (χ1n) is 12.8. The number of nitrogens with zero attached hydrogens (tertiary/aromatic N) is 4. The number of hydrogen-bond donors (Lipinski definition) is 2. The lowest BCUT2D eigenvalue weighted by atomic mass is 9.71. The van der Waals surface area contributed by atoms with E-state index in [9.17, 15) is 23.1 Å². The molecule has 2 N–H and O–H groups in total. The molecule has 2 aliphatic heterocycles. The van der Waals surface area contributed by atoms with Crippen LogP contribution >= 0.6 is 0 Å². The maximum Gasteiger partial charge on any atom is 0.403 e. The summed E-state index contributed by atoms with van der Waals surface area (Å²) in [5.74, 6) is 0.00159. The average Bonchev–Trinajstić information content (AvgIpc) is 3.20. The van der Waals surface area contributed by atoms with Crippen LogP contribution in [0.1, 0.15) is 24.8 Å². The highest BCUT2D eigenvalue weighted by Gasteiger charge is 2.47. The molecule has 3 heterocycles. The molecule has 7 nitrogen and oxygen atoms in total. The van der Waals surface area contributed by atoms with Gasteiger partial charge < -0.3 is 20.2 Å². The summed E-state index contributed by atoms with van der Waals surface area (Å²) < 4.78 is 39.9. The number of aromatic nitrogens is 2. The minimum atomic E-state index is -4.34. The van der Waals surface area contributed by atoms with E-state index in [-0.39, 0.29) is 37.7 Å². The number of carbonyl (C=O) groups excluding carboxylic acids is 1. The summed E-state index contributed by atoms with van der Waals surface area (Å²) in [5.41, 5.74) is 2.03. The van der Waals surface area contributed by atoms with Crippen LogP contribution in [0.25, 0.3) is 11.3 Å². The molecule has 1 unspecified atom stereocenters. The Kier molecular flexibility index (Phi) is 7.25. The van der Waals surface area contributed by atoms with E-state index < -0.39 is 17.6 Å². The monoisotopic (exact) mass is 525 g/mol. The van der Waals surface area contributed by atoms with E-state index in [1.54, 1.807) is 29.3 Å². The van der Waals surface area contributed by atoms with Gasteiger partial charge in [-0.2, -0.15) is 23.4 Å². The van der Waals surface area contributed by atoms with Gasteiger partial charge in [0.2, 0.25) is 5.91 Å². The molecule has 0 spiro atoms. The summed E-state index contributed by atoms with van der Waals surface area (Å²) >= 11 is 0. The van der Waals surface area contributed by atoms with E-state index in [0.29, 0.717) is 37.2 Å². The Morgan fingerprint density at radius 1 is 1.00 bits per heavy atom. The Bertz CT molecular complexity index is 1260. The minimum absolute atomic E-state index is 0.0620. The van der Waals surface area contributed by atoms with Crippen LogP contribution in [0.5, 0.6) is 5.75 Å². The summed E-state index contributed by atoms with van der Waals surface area (Å²) in [4.78, 5) is 17.8. The number of hydrogen-bond acceptors (Lipinski definition) is 6. The predicted molar refractivity (Wildman–Crippen MR) is 138 cm³/mol. The smallest absolute Gasteiger partial charge is 0.403 e. The van der Waals surface area contributed by atoms with Crippen molar-refractivity contribution in [1.29, 1.82) is 0 Å². The average molecular weight is 526 g/mol. The third-order valence-electron chi connectivity index (χ3n) is 7.68. The molecule has 10 heteroatoms. The van der Waals surface area contributed by atoms with Crippen molar-refractivity contribution in [3.63, 3.8) is 0 Å². The molecule has 2 aliphatic rings. The molecule has 0 aliphatic carbocycles. The van der Waals surface area contributed by atoms with E-state index in [0.717, 1.165) is 11.3 Å². The van der Waals surface area contributed by atoms with E-state index in [1.807, 2.05) is 42.5 Å². The number of amides is 1. The van der Waals surface area contributed by atoms with Crippen molar-refractivity contribution in [2.75, 3.05) is 37.6 Å². The van der Waals surface area contributed by atoms with Crippen molar-refractivity contribution in [2.24, 2.45) is 0 Å². The zero-order valence-corrected chi connectivity index (χ0v) is 20.9. The molecule has 1 amide bonds. The Balaban J connectivity index is 1.37. The van der Waals surface area contributed by atoms with Crippen LogP contribution in [0.2, 0.25) is 0 Å². The third kappa shape index (κ3) is 5.18. The van der Waals surface area contributed by atoms with Crippen LogP contribution in [-0.2, 0) is 10.2 Å². The molecule has 2 aromatic carbocycles. The molecule has 2 fully saturated rings. The highest BCUT2D eigenvalue weighted by atomic mass is 19.4. The number of nitrogens with one attached hydrogen (secondary N) is 1. The van der Waals surface area contributed by atoms with Crippen LogP contribution in [0.4, 0.5) is 18.9 Å². The molecule has 3 aromatic rings. The topological polar surface area (TPSA) is 81.6 Å². The highest BCUT2D eigenvalue weighted by Crippen LogP contribution is 2.40. The SMILES string of the molecule is O=C(N1CCNC(C(F)(F)F)CC1)C1(c2ccccc2)CCN(c2cnnc(-c3ccccc3O)c2)CC1. The second-order valence-corrected chi connectivity index (χ2v) is 9.88. The fraction of sp³-hybridized carbons (Fsp3) is 0.393. The molecular weight excluding hydrogens is 495 g/mol. The first-order chi connectivity index (χ1) is 18.3. The van der Waals surface area contributed by atoms with Gasteiger partial charge in [0.1, 0.15) is 11.8 Å². The van der Waals surface area contributed by atoms with Crippen LogP contribution in [0.15, 0.2) is 66.9 Å². The van der Waals surface area contributed by atoms with Gasteiger partial charge in [-0.05, 0) is 43.0 Å². The minimum Gasteiger partial charge on any atom is -0.507 e. The molecule has 0 bridgehead atoms. The van der Waals surface area contributed by atoms with Crippen molar-refractivity contribution in [2.45, 2.75) is 36.9 Å². The van der Waals surface area contributed by atoms with Gasteiger partial charge in [-0.3, -0.25) is 4.79 Å². The summed E-state index contributed by atoms with van der Waals surface area (Å²) in [6.07, 6.45) is -1.81. The summed E-state index contributed by atoms with van der Waals surface area (Å²) in [6.45, 7) is 1.52. The number of piperidine rings is 1. The molecule has 1 atom stereocenters. The molecule has 2 saturated heterocycles. The number of para-hydroxylation sites is 1. The number of phenolic OH excluding ortho intramolecular Hbond substituents is 1. The largest absolute Gasteiger partial charge is 0.507 e. The zero-order chi connectivity index (χ0) is 26.8. The van der Waals surface area contributed by atoms with Gasteiger partial charge in [0.25, 0.3) is 0 Å². The first kappa shape index (κ1) is 26.0. The lowest BCUT2D eigenvalue weighted by Gasteiger charge is -2.44. The van der Waals surface area contributed by atoms with Crippen LogP contribution in [0.3, 0.4) is 0 Å². The first-order valence-corrected chi connectivity index (χ1v) is 12.8. The van der Waals surface area contributed by atoms with Crippen molar-refractivity contribution in [1.82, 2.24) is 20.4 Å². The molecule has 1 aromatic heterocycles. The predicted octanol–water partition coefficient (Wildman–Crippen LogP) is 4.14. The van der Waals surface area contributed by atoms with E-state index in [1.165, 1.54) is 0 Å². The fourth-order valence-corrected chi connectivity index (χ4v) is 5.54. The fourth-order valence-electron chi connectivity index (χ4n) is 5.54. The highest BCUT2D eigenvalue weighted by molar-refractivity contribution is 5.89. The summed E-state index contributed by atoms with van der Waals surface area (Å²) in [7, 11) is 0. The number of aromatic hydroxyl groups is 1. The van der Waals surface area contributed by atoms with Gasteiger partial charge in [-0.1, -0.05) is 42.5 Å². The van der Waals surface area contributed by atoms with Crippen molar-refractivity contribution < 1.29 is 23.1 Å². The summed E-state index contributed by atoms with van der Waals surface area (Å²) in [5, 5.41) is 21.1. The van der Waals surface area contributed by atoms with Gasteiger partial charge in [0.05, 0.1) is 23.0 Å². The standard InChI is InChI=1S/C28H30F3N5O2/c29-28(30,31)25-10-14-36(17-13-32-25)26(38)27(20-6-2-1-3-7-20)11-15-35(16-12-27)21-18-23(34-33-19-21)22-8-4-5-9-24(22)37/h1-9,18-19,25,32,37H,10-17H2. The van der Waals surface area contributed by atoms with Crippen molar-refractivity contribution in [3.05, 3.63) is 72.4 Å². The van der Waals surface area contributed by atoms with Gasteiger partial charge in [-0.25, -0.2) is 0 Å². The van der Waals surface area contributed by atoms with E-state index in [2.05, 4.69) is 20.4 Å². The lowest BCUT2D eigenvalue weighted by molar-refractivity contribution is -0.156. The maximum absolute atomic E-state index is 14.1. The zero-order valence-electron chi connectivity index (χ0n) is 20.9. The molecule has 200 valence electrons. The summed E-state index contributed by atoms with van der Waals surface area (Å²) in [6, 6.07) is 16.8. The van der Waals surface area contributed by atoms with Gasteiger partial charge in [0, 0.05) is 38.3 Å². The second kappa shape index (κ2) is 10.6.